The van der Waals surface area contributed by atoms with E-state index in [4.69, 9.17) is 5.11 Å². The van der Waals surface area contributed by atoms with Gasteiger partial charge in [0.05, 0.1) is 0 Å². The maximum Gasteiger partial charge on any atom is 0.303 e. The van der Waals surface area contributed by atoms with E-state index < -0.39 is 5.97 Å². The van der Waals surface area contributed by atoms with Crippen molar-refractivity contribution in [3.63, 3.8) is 0 Å². The van der Waals surface area contributed by atoms with E-state index in [1.54, 1.807) is 6.92 Å². The highest BCUT2D eigenvalue weighted by Gasteiger charge is 2.08. The molecule has 0 aliphatic rings. The van der Waals surface area contributed by atoms with Crippen molar-refractivity contribution in [2.75, 3.05) is 0 Å². The third kappa shape index (κ3) is 4.06. The zero-order valence-corrected chi connectivity index (χ0v) is 6.26. The number of carboxylic acid groups (broad SMARTS) is 1. The largest absolute Gasteiger partial charge is 0.481 e. The molecule has 0 amide bonds. The van der Waals surface area contributed by atoms with Crippen LogP contribution in [0.2, 0.25) is 0 Å². The van der Waals surface area contributed by atoms with Crippen LogP contribution >= 0.6 is 0 Å². The van der Waals surface area contributed by atoms with Crippen LogP contribution in [0, 0.1) is 5.92 Å². The van der Waals surface area contributed by atoms with E-state index in [0.29, 0.717) is 6.42 Å². The molecule has 3 nitrogen and oxygen atoms in total. The normalized spacial score (nSPS) is 12.6. The minimum absolute atomic E-state index is 0.0567. The van der Waals surface area contributed by atoms with Crippen molar-refractivity contribution in [3.05, 3.63) is 0 Å². The number of carboxylic acids is 1. The Balaban J connectivity index is 3.49. The molecule has 10 heavy (non-hydrogen) atoms. The number of aliphatic carboxylic acids is 1. The first-order valence-corrected chi connectivity index (χ1v) is 3.26. The van der Waals surface area contributed by atoms with E-state index in [2.05, 4.69) is 0 Å². The van der Waals surface area contributed by atoms with Crippen LogP contribution in [0.1, 0.15) is 26.7 Å². The average molecular weight is 144 g/mol. The Morgan fingerprint density at radius 2 is 2.00 bits per heavy atom. The summed E-state index contributed by atoms with van der Waals surface area (Å²) in [6.45, 7) is 3.22. The van der Waals surface area contributed by atoms with Gasteiger partial charge >= 0.3 is 5.97 Å². The number of carbonyl (C=O) groups excluding carboxylic acids is 1. The number of hydrogen-bond acceptors (Lipinski definition) is 2. The van der Waals surface area contributed by atoms with Crippen molar-refractivity contribution in [2.24, 2.45) is 5.92 Å². The quantitative estimate of drug-likeness (QED) is 0.642. The van der Waals surface area contributed by atoms with Gasteiger partial charge in [-0.05, 0) is 13.3 Å². The summed E-state index contributed by atoms with van der Waals surface area (Å²) in [4.78, 5) is 20.6. The predicted octanol–water partition coefficient (Wildman–Crippen LogP) is 1.08. The van der Waals surface area contributed by atoms with E-state index in [-0.39, 0.29) is 18.1 Å². The molecule has 1 N–H and O–H groups in total. The van der Waals surface area contributed by atoms with Gasteiger partial charge in [-0.3, -0.25) is 9.59 Å². The topological polar surface area (TPSA) is 54.4 Å². The molecule has 0 bridgehead atoms. The number of hydrogen-bond donors (Lipinski definition) is 1. The maximum absolute atomic E-state index is 10.6. The molecule has 0 heterocycles. The van der Waals surface area contributed by atoms with Crippen molar-refractivity contribution in [2.45, 2.75) is 26.7 Å². The molecule has 0 aromatic carbocycles. The second-order valence-electron chi connectivity index (χ2n) is 2.44. The Hall–Kier alpha value is -0.860. The van der Waals surface area contributed by atoms with Gasteiger partial charge in [-0.25, -0.2) is 0 Å². The van der Waals surface area contributed by atoms with Crippen molar-refractivity contribution in [3.8, 4) is 0 Å². The summed E-state index contributed by atoms with van der Waals surface area (Å²) >= 11 is 0. The Morgan fingerprint density at radius 3 is 2.30 bits per heavy atom. The molecule has 0 aliphatic heterocycles. The van der Waals surface area contributed by atoms with Gasteiger partial charge in [0, 0.05) is 12.3 Å². The standard InChI is InChI=1S/C7H12O3/c1-5(6(2)8)3-4-7(9)10/h5H,3-4H2,1-2H3,(H,9,10)/t5-/m1/s1. The van der Waals surface area contributed by atoms with Crippen LogP contribution in [0.3, 0.4) is 0 Å². The number of Topliss-reactive ketones (excluding diaryl/α,β-unsaturated/α-hetero) is 1. The summed E-state index contributed by atoms with van der Waals surface area (Å²) in [6.07, 6.45) is 0.533. The Labute approximate surface area is 60.0 Å². The summed E-state index contributed by atoms with van der Waals surface area (Å²) < 4.78 is 0. The first-order valence-electron chi connectivity index (χ1n) is 3.26. The highest BCUT2D eigenvalue weighted by Crippen LogP contribution is 2.05. The molecule has 58 valence electrons. The molecule has 0 saturated carbocycles. The molecule has 0 unspecified atom stereocenters. The van der Waals surface area contributed by atoms with Crippen LogP contribution in [-0.2, 0) is 9.59 Å². The SMILES string of the molecule is CC(=O)[C@H](C)CCC(=O)O. The highest BCUT2D eigenvalue weighted by atomic mass is 16.4. The number of rotatable bonds is 4. The number of carbonyl (C=O) groups is 2. The third-order valence-electron chi connectivity index (χ3n) is 1.49. The Kier molecular flexibility index (Phi) is 3.69. The van der Waals surface area contributed by atoms with Gasteiger partial charge in [-0.1, -0.05) is 6.92 Å². The second-order valence-corrected chi connectivity index (χ2v) is 2.44. The molecule has 0 radical (unpaired) electrons. The average Bonchev–Trinajstić information content (AvgIpc) is 1.82. The van der Waals surface area contributed by atoms with Crippen molar-refractivity contribution in [1.82, 2.24) is 0 Å². The van der Waals surface area contributed by atoms with Crippen LogP contribution in [0.4, 0.5) is 0 Å². The van der Waals surface area contributed by atoms with Crippen molar-refractivity contribution < 1.29 is 14.7 Å². The maximum atomic E-state index is 10.6. The summed E-state index contributed by atoms with van der Waals surface area (Å²) in [5, 5.41) is 8.23. The van der Waals surface area contributed by atoms with Crippen LogP contribution in [-0.4, -0.2) is 16.9 Å². The highest BCUT2D eigenvalue weighted by molar-refractivity contribution is 5.78. The van der Waals surface area contributed by atoms with Crippen molar-refractivity contribution in [1.29, 1.82) is 0 Å². The minimum atomic E-state index is -0.840. The monoisotopic (exact) mass is 144 g/mol. The van der Waals surface area contributed by atoms with Gasteiger partial charge in [-0.15, -0.1) is 0 Å². The van der Waals surface area contributed by atoms with Crippen LogP contribution in [0.25, 0.3) is 0 Å². The summed E-state index contributed by atoms with van der Waals surface area (Å²) in [7, 11) is 0. The van der Waals surface area contributed by atoms with E-state index in [9.17, 15) is 9.59 Å². The van der Waals surface area contributed by atoms with Gasteiger partial charge in [0.15, 0.2) is 0 Å². The van der Waals surface area contributed by atoms with Gasteiger partial charge in [0.2, 0.25) is 0 Å². The van der Waals surface area contributed by atoms with Crippen LogP contribution < -0.4 is 0 Å². The first-order chi connectivity index (χ1) is 4.54. The lowest BCUT2D eigenvalue weighted by molar-refractivity contribution is -0.137. The predicted molar refractivity (Wildman–Crippen MR) is 36.7 cm³/mol. The lowest BCUT2D eigenvalue weighted by atomic mass is 10.0. The third-order valence-corrected chi connectivity index (χ3v) is 1.49. The van der Waals surface area contributed by atoms with Gasteiger partial charge in [0.1, 0.15) is 5.78 Å². The van der Waals surface area contributed by atoms with E-state index in [1.807, 2.05) is 0 Å². The summed E-state index contributed by atoms with van der Waals surface area (Å²) in [5.41, 5.74) is 0. The first kappa shape index (κ1) is 9.14. The molecule has 0 fully saturated rings. The van der Waals surface area contributed by atoms with E-state index >= 15 is 0 Å². The molecule has 1 atom stereocenters. The smallest absolute Gasteiger partial charge is 0.303 e. The summed E-state index contributed by atoms with van der Waals surface area (Å²) in [5.74, 6) is -0.898. The molecule has 0 aliphatic carbocycles. The Morgan fingerprint density at radius 1 is 1.50 bits per heavy atom. The zero-order chi connectivity index (χ0) is 8.15. The van der Waals surface area contributed by atoms with Gasteiger partial charge < -0.3 is 5.11 Å². The lowest BCUT2D eigenvalue weighted by Gasteiger charge is -2.02. The molecule has 0 rings (SSSR count). The molecule has 0 spiro atoms. The molecular weight excluding hydrogens is 132 g/mol. The fourth-order valence-electron chi connectivity index (χ4n) is 0.543. The molecule has 3 heteroatoms. The fourth-order valence-corrected chi connectivity index (χ4v) is 0.543. The van der Waals surface area contributed by atoms with Gasteiger partial charge in [-0.2, -0.15) is 0 Å². The van der Waals surface area contributed by atoms with E-state index in [0.717, 1.165) is 0 Å². The second kappa shape index (κ2) is 4.04. The lowest BCUT2D eigenvalue weighted by Crippen LogP contribution is -2.08. The fraction of sp³-hybridized carbons (Fsp3) is 0.714. The Bertz CT molecular complexity index is 140. The number of ketones is 1. The van der Waals surface area contributed by atoms with Crippen LogP contribution in [0.5, 0.6) is 0 Å². The van der Waals surface area contributed by atoms with Crippen LogP contribution in [0.15, 0.2) is 0 Å². The molecule has 0 aromatic heterocycles. The van der Waals surface area contributed by atoms with Gasteiger partial charge in [0.25, 0.3) is 0 Å². The van der Waals surface area contributed by atoms with E-state index in [1.165, 1.54) is 6.92 Å². The van der Waals surface area contributed by atoms with Crippen molar-refractivity contribution >= 4 is 11.8 Å². The molecule has 0 aromatic rings. The molecular formula is C7H12O3. The molecule has 0 saturated heterocycles. The minimum Gasteiger partial charge on any atom is -0.481 e. The summed E-state index contributed by atoms with van der Waals surface area (Å²) in [6, 6.07) is 0. The zero-order valence-electron chi connectivity index (χ0n) is 6.26.